The van der Waals surface area contributed by atoms with E-state index >= 15 is 0 Å². The second kappa shape index (κ2) is 7.07. The van der Waals surface area contributed by atoms with E-state index in [1.165, 1.54) is 16.2 Å². The van der Waals surface area contributed by atoms with Gasteiger partial charge in [-0.05, 0) is 25.1 Å². The van der Waals surface area contributed by atoms with Crippen LogP contribution in [-0.4, -0.2) is 28.6 Å². The van der Waals surface area contributed by atoms with Gasteiger partial charge in [0.15, 0.2) is 11.0 Å². The molecule has 8 nitrogen and oxygen atoms in total. The summed E-state index contributed by atoms with van der Waals surface area (Å²) in [7, 11) is 0. The molecule has 2 aliphatic rings. The van der Waals surface area contributed by atoms with Crippen LogP contribution in [0.1, 0.15) is 53.4 Å². The van der Waals surface area contributed by atoms with Gasteiger partial charge in [-0.1, -0.05) is 55.5 Å². The smallest absolute Gasteiger partial charge is 0.297 e. The van der Waals surface area contributed by atoms with Crippen LogP contribution in [0.2, 0.25) is 0 Å². The average Bonchev–Trinajstić information content (AvgIpc) is 3.48. The van der Waals surface area contributed by atoms with Gasteiger partial charge >= 0.3 is 0 Å². The Morgan fingerprint density at radius 1 is 1.03 bits per heavy atom. The molecule has 2 aromatic carbocycles. The van der Waals surface area contributed by atoms with Crippen LogP contribution >= 0.6 is 11.3 Å². The number of carbonyl (C=O) groups excluding carboxylic acids is 2. The first kappa shape index (κ1) is 20.7. The zero-order valence-electron chi connectivity index (χ0n) is 18.7. The van der Waals surface area contributed by atoms with Gasteiger partial charge in [0.2, 0.25) is 10.9 Å². The summed E-state index contributed by atoms with van der Waals surface area (Å²) >= 11 is 1.24. The lowest BCUT2D eigenvalue weighted by molar-refractivity contribution is -0.121. The zero-order chi connectivity index (χ0) is 23.8. The van der Waals surface area contributed by atoms with Gasteiger partial charge in [0.25, 0.3) is 11.8 Å². The number of anilines is 2. The second-order valence-electron chi connectivity index (χ2n) is 8.63. The summed E-state index contributed by atoms with van der Waals surface area (Å²) in [5, 5.41) is 9.84. The van der Waals surface area contributed by atoms with Crippen LogP contribution in [0.25, 0.3) is 11.0 Å². The first-order chi connectivity index (χ1) is 16.4. The number of para-hydroxylation sites is 2. The topological polar surface area (TPSA) is 96.6 Å². The first-order valence-corrected chi connectivity index (χ1v) is 11.9. The lowest BCUT2D eigenvalue weighted by Gasteiger charge is -2.31. The largest absolute Gasteiger partial charge is 0.450 e. The van der Waals surface area contributed by atoms with Gasteiger partial charge < -0.3 is 9.32 Å². The number of amides is 2. The van der Waals surface area contributed by atoms with E-state index < -0.39 is 16.9 Å². The van der Waals surface area contributed by atoms with Crippen molar-refractivity contribution in [3.63, 3.8) is 0 Å². The molecule has 0 radical (unpaired) electrons. The van der Waals surface area contributed by atoms with Gasteiger partial charge in [0.05, 0.1) is 16.6 Å². The number of rotatable bonds is 3. The van der Waals surface area contributed by atoms with Gasteiger partial charge in [-0.25, -0.2) is 0 Å². The van der Waals surface area contributed by atoms with Gasteiger partial charge in [0.1, 0.15) is 10.6 Å². The minimum absolute atomic E-state index is 0.0332. The summed E-state index contributed by atoms with van der Waals surface area (Å²) in [6.07, 6.45) is 0. The van der Waals surface area contributed by atoms with Crippen LogP contribution in [0.5, 0.6) is 0 Å². The predicted molar refractivity (Wildman–Crippen MR) is 129 cm³/mol. The van der Waals surface area contributed by atoms with Crippen molar-refractivity contribution in [1.82, 2.24) is 10.2 Å². The van der Waals surface area contributed by atoms with Crippen molar-refractivity contribution < 1.29 is 14.0 Å². The Balaban J connectivity index is 1.76. The number of aromatic nitrogens is 2. The number of hydrogen-bond acceptors (Lipinski definition) is 7. The molecule has 6 rings (SSSR count). The zero-order valence-corrected chi connectivity index (χ0v) is 19.5. The van der Waals surface area contributed by atoms with E-state index in [0.29, 0.717) is 28.8 Å². The van der Waals surface area contributed by atoms with Crippen LogP contribution in [0.3, 0.4) is 0 Å². The molecule has 1 spiro atoms. The minimum atomic E-state index is -1.71. The number of likely N-dealkylation sites (N-methyl/N-ethyl adjacent to an activating group) is 1. The first-order valence-electron chi connectivity index (χ1n) is 11.1. The summed E-state index contributed by atoms with van der Waals surface area (Å²) in [5.74, 6) is -1.01. The Bertz CT molecular complexity index is 1570. The molecule has 170 valence electrons. The van der Waals surface area contributed by atoms with E-state index in [-0.39, 0.29) is 28.3 Å². The third-order valence-corrected chi connectivity index (χ3v) is 7.67. The molecule has 0 bridgehead atoms. The molecule has 1 atom stereocenters. The molecule has 1 unspecified atom stereocenters. The van der Waals surface area contributed by atoms with E-state index in [1.807, 2.05) is 32.9 Å². The maximum absolute atomic E-state index is 14.2. The fourth-order valence-electron chi connectivity index (χ4n) is 4.97. The SMILES string of the molecule is CCN1C(=O)C2(c3ccccc31)c1c(oc3ccccc3c1=O)C(=O)N2c1nnc(C(C)C)s1. The van der Waals surface area contributed by atoms with Gasteiger partial charge in [-0.15, -0.1) is 10.2 Å². The normalized spacial score (nSPS) is 19.1. The molecule has 0 fully saturated rings. The third-order valence-electron chi connectivity index (χ3n) is 6.46. The van der Waals surface area contributed by atoms with Crippen molar-refractivity contribution in [2.45, 2.75) is 32.2 Å². The van der Waals surface area contributed by atoms with Gasteiger partial charge in [-0.3, -0.25) is 19.3 Å². The quantitative estimate of drug-likeness (QED) is 0.447. The van der Waals surface area contributed by atoms with Gasteiger partial charge in [-0.2, -0.15) is 0 Å². The van der Waals surface area contributed by atoms with Crippen molar-refractivity contribution in [3.05, 3.63) is 80.6 Å². The highest BCUT2D eigenvalue weighted by atomic mass is 32.1. The average molecular weight is 473 g/mol. The third kappa shape index (κ3) is 2.39. The predicted octanol–water partition coefficient (Wildman–Crippen LogP) is 4.04. The van der Waals surface area contributed by atoms with Crippen molar-refractivity contribution in [2.24, 2.45) is 0 Å². The Hall–Kier alpha value is -3.85. The van der Waals surface area contributed by atoms with E-state index in [4.69, 9.17) is 4.42 Å². The van der Waals surface area contributed by atoms with Crippen LogP contribution in [-0.2, 0) is 10.3 Å². The standard InChI is InChI=1S/C25H20N4O4S/c1-4-28-16-11-7-6-10-15(16)25(23(28)32)18-19(30)14-9-5-8-12-17(14)33-20(18)22(31)29(25)24-27-26-21(34-24)13(2)3/h5-13H,4H2,1-3H3. The van der Waals surface area contributed by atoms with Crippen LogP contribution in [0, 0.1) is 0 Å². The van der Waals surface area contributed by atoms with E-state index in [2.05, 4.69) is 10.2 Å². The molecule has 0 N–H and O–H groups in total. The van der Waals surface area contributed by atoms with Crippen molar-refractivity contribution in [1.29, 1.82) is 0 Å². The van der Waals surface area contributed by atoms with Crippen molar-refractivity contribution in [3.8, 4) is 0 Å². The summed E-state index contributed by atoms with van der Waals surface area (Å²) < 4.78 is 6.02. The Morgan fingerprint density at radius 3 is 2.50 bits per heavy atom. The highest BCUT2D eigenvalue weighted by Crippen LogP contribution is 2.54. The van der Waals surface area contributed by atoms with Crippen LogP contribution in [0.15, 0.2) is 57.7 Å². The number of nitrogens with zero attached hydrogens (tertiary/aromatic N) is 4. The fourth-order valence-corrected chi connectivity index (χ4v) is 5.87. The molecule has 2 aliphatic heterocycles. The maximum atomic E-state index is 14.2. The van der Waals surface area contributed by atoms with E-state index in [1.54, 1.807) is 41.3 Å². The summed E-state index contributed by atoms with van der Waals surface area (Å²) in [6.45, 7) is 6.20. The summed E-state index contributed by atoms with van der Waals surface area (Å²) in [4.78, 5) is 45.0. The molecular weight excluding hydrogens is 452 g/mol. The number of fused-ring (bicyclic) bond motifs is 5. The molecule has 2 aromatic heterocycles. The summed E-state index contributed by atoms with van der Waals surface area (Å²) in [6, 6.07) is 14.0. The molecule has 9 heteroatoms. The molecule has 4 aromatic rings. The fraction of sp³-hybridized carbons (Fsp3) is 0.240. The highest BCUT2D eigenvalue weighted by Gasteiger charge is 2.66. The molecule has 2 amide bonds. The minimum Gasteiger partial charge on any atom is -0.450 e. The Kier molecular flexibility index (Phi) is 4.31. The van der Waals surface area contributed by atoms with Crippen molar-refractivity contribution >= 4 is 44.9 Å². The maximum Gasteiger partial charge on any atom is 0.297 e. The molecule has 34 heavy (non-hydrogen) atoms. The van der Waals surface area contributed by atoms with E-state index in [0.717, 1.165) is 5.01 Å². The van der Waals surface area contributed by atoms with Gasteiger partial charge in [0, 0.05) is 18.0 Å². The van der Waals surface area contributed by atoms with E-state index in [9.17, 15) is 14.4 Å². The Labute approximate surface area is 198 Å². The monoisotopic (exact) mass is 472 g/mol. The van der Waals surface area contributed by atoms with Crippen molar-refractivity contribution in [2.75, 3.05) is 16.3 Å². The number of benzene rings is 2. The molecule has 0 saturated carbocycles. The second-order valence-corrected chi connectivity index (χ2v) is 9.61. The molecule has 0 saturated heterocycles. The van der Waals surface area contributed by atoms with Crippen LogP contribution < -0.4 is 15.2 Å². The highest BCUT2D eigenvalue weighted by molar-refractivity contribution is 7.15. The Morgan fingerprint density at radius 2 is 1.76 bits per heavy atom. The van der Waals surface area contributed by atoms with Crippen LogP contribution in [0.4, 0.5) is 10.8 Å². The molecular formula is C25H20N4O4S. The number of carbonyl (C=O) groups is 2. The molecule has 0 aliphatic carbocycles. The molecule has 4 heterocycles. The lowest BCUT2D eigenvalue weighted by Crippen LogP contribution is -2.53. The lowest BCUT2D eigenvalue weighted by atomic mass is 9.84. The summed E-state index contributed by atoms with van der Waals surface area (Å²) in [5.41, 5.74) is -0.576. The number of hydrogen-bond donors (Lipinski definition) is 0.